The lowest BCUT2D eigenvalue weighted by atomic mass is 10.2. The van der Waals surface area contributed by atoms with Crippen LogP contribution in [0.3, 0.4) is 0 Å². The maximum atomic E-state index is 9.78. The van der Waals surface area contributed by atoms with Crippen LogP contribution in [0, 0.1) is 12.8 Å². The molecule has 4 nitrogen and oxygen atoms in total. The van der Waals surface area contributed by atoms with Crippen LogP contribution in [0.15, 0.2) is 6.20 Å². The number of nitrogens with one attached hydrogen (secondary N) is 1. The molecule has 0 spiro atoms. The molecule has 2 N–H and O–H groups in total. The minimum Gasteiger partial charge on any atom is -0.390 e. The zero-order chi connectivity index (χ0) is 12.1. The average molecular weight is 246 g/mol. The Labute approximate surface area is 102 Å². The van der Waals surface area contributed by atoms with Crippen molar-refractivity contribution in [2.24, 2.45) is 5.92 Å². The van der Waals surface area contributed by atoms with E-state index in [1.165, 1.54) is 0 Å². The van der Waals surface area contributed by atoms with Gasteiger partial charge in [0.15, 0.2) is 0 Å². The van der Waals surface area contributed by atoms with E-state index in [1.54, 1.807) is 10.9 Å². The van der Waals surface area contributed by atoms with Gasteiger partial charge in [0.25, 0.3) is 0 Å². The number of aromatic nitrogens is 2. The first-order valence-corrected chi connectivity index (χ1v) is 5.95. The first kappa shape index (κ1) is 13.5. The van der Waals surface area contributed by atoms with Crippen LogP contribution in [0.4, 0.5) is 0 Å². The molecule has 1 atom stereocenters. The van der Waals surface area contributed by atoms with Crippen LogP contribution in [0.5, 0.6) is 0 Å². The molecule has 1 rings (SSSR count). The fourth-order valence-electron chi connectivity index (χ4n) is 1.41. The summed E-state index contributed by atoms with van der Waals surface area (Å²) >= 11 is 5.88. The van der Waals surface area contributed by atoms with Crippen molar-refractivity contribution in [2.45, 2.75) is 33.4 Å². The molecule has 0 aliphatic rings. The Kier molecular flexibility index (Phi) is 5.25. The number of rotatable bonds is 6. The molecule has 0 aromatic carbocycles. The van der Waals surface area contributed by atoms with Gasteiger partial charge in [-0.3, -0.25) is 4.68 Å². The molecule has 0 aliphatic heterocycles. The Hall–Kier alpha value is -0.580. The first-order valence-electron chi connectivity index (χ1n) is 5.57. The van der Waals surface area contributed by atoms with Gasteiger partial charge < -0.3 is 10.4 Å². The van der Waals surface area contributed by atoms with E-state index in [0.717, 1.165) is 12.2 Å². The molecule has 0 aliphatic carbocycles. The molecule has 0 radical (unpaired) electrons. The van der Waals surface area contributed by atoms with E-state index < -0.39 is 6.10 Å². The molecule has 1 aromatic heterocycles. The fourth-order valence-corrected chi connectivity index (χ4v) is 1.55. The van der Waals surface area contributed by atoms with E-state index in [-0.39, 0.29) is 0 Å². The molecule has 0 saturated carbocycles. The third kappa shape index (κ3) is 4.12. The third-order valence-corrected chi connectivity index (χ3v) is 2.73. The topological polar surface area (TPSA) is 50.1 Å². The quantitative estimate of drug-likeness (QED) is 0.798. The summed E-state index contributed by atoms with van der Waals surface area (Å²) in [6, 6.07) is 0. The van der Waals surface area contributed by atoms with Gasteiger partial charge in [-0.05, 0) is 19.4 Å². The summed E-state index contributed by atoms with van der Waals surface area (Å²) in [5, 5.41) is 17.7. The molecular weight excluding hydrogens is 226 g/mol. The van der Waals surface area contributed by atoms with Crippen LogP contribution >= 0.6 is 11.6 Å². The molecule has 1 aromatic rings. The average Bonchev–Trinajstić information content (AvgIpc) is 2.49. The van der Waals surface area contributed by atoms with Gasteiger partial charge in [-0.25, -0.2) is 0 Å². The van der Waals surface area contributed by atoms with Gasteiger partial charge in [-0.2, -0.15) is 5.10 Å². The molecule has 5 heteroatoms. The van der Waals surface area contributed by atoms with E-state index in [4.69, 9.17) is 11.6 Å². The second kappa shape index (κ2) is 6.23. The molecule has 92 valence electrons. The normalized spacial score (nSPS) is 13.4. The van der Waals surface area contributed by atoms with Gasteiger partial charge in [0.05, 0.1) is 29.6 Å². The van der Waals surface area contributed by atoms with E-state index in [9.17, 15) is 5.11 Å². The lowest BCUT2D eigenvalue weighted by Gasteiger charge is -2.14. The molecule has 0 saturated heterocycles. The van der Waals surface area contributed by atoms with E-state index in [0.29, 0.717) is 24.0 Å². The zero-order valence-corrected chi connectivity index (χ0v) is 10.8. The van der Waals surface area contributed by atoms with Crippen LogP contribution in [-0.4, -0.2) is 34.1 Å². The molecule has 0 bridgehead atoms. The predicted molar refractivity (Wildman–Crippen MR) is 65.7 cm³/mol. The summed E-state index contributed by atoms with van der Waals surface area (Å²) in [4.78, 5) is 0. The van der Waals surface area contributed by atoms with Crippen molar-refractivity contribution >= 4 is 11.6 Å². The van der Waals surface area contributed by atoms with Gasteiger partial charge in [-0.15, -0.1) is 0 Å². The molecular formula is C11H20ClN3O. The standard InChI is InChI=1S/C11H20ClN3O/c1-8(2)4-13-5-10(16)7-15-9(3)11(12)6-14-15/h6,8,10,13,16H,4-5,7H2,1-3H3. The minimum atomic E-state index is -0.437. The SMILES string of the molecule is Cc1c(Cl)cnn1CC(O)CNCC(C)C. The summed E-state index contributed by atoms with van der Waals surface area (Å²) in [6.45, 7) is 8.13. The third-order valence-electron chi connectivity index (χ3n) is 2.36. The van der Waals surface area contributed by atoms with Crippen LogP contribution in [0.1, 0.15) is 19.5 Å². The van der Waals surface area contributed by atoms with E-state index >= 15 is 0 Å². The number of aliphatic hydroxyl groups is 1. The number of hydrogen-bond donors (Lipinski definition) is 2. The highest BCUT2D eigenvalue weighted by Crippen LogP contribution is 2.13. The number of hydrogen-bond acceptors (Lipinski definition) is 3. The number of halogens is 1. The van der Waals surface area contributed by atoms with Crippen molar-refractivity contribution in [3.05, 3.63) is 16.9 Å². The number of nitrogens with zero attached hydrogens (tertiary/aromatic N) is 2. The fraction of sp³-hybridized carbons (Fsp3) is 0.727. The summed E-state index contributed by atoms with van der Waals surface area (Å²) in [6.07, 6.45) is 1.17. The van der Waals surface area contributed by atoms with E-state index in [2.05, 4.69) is 24.3 Å². The maximum absolute atomic E-state index is 9.78. The highest BCUT2D eigenvalue weighted by molar-refractivity contribution is 6.31. The van der Waals surface area contributed by atoms with Crippen molar-refractivity contribution in [2.75, 3.05) is 13.1 Å². The summed E-state index contributed by atoms with van der Waals surface area (Å²) in [5.74, 6) is 0.591. The van der Waals surface area contributed by atoms with Crippen molar-refractivity contribution in [1.29, 1.82) is 0 Å². The van der Waals surface area contributed by atoms with Gasteiger partial charge in [0, 0.05) is 6.54 Å². The van der Waals surface area contributed by atoms with Crippen LogP contribution in [-0.2, 0) is 6.54 Å². The predicted octanol–water partition coefficient (Wildman–Crippen LogP) is 1.45. The van der Waals surface area contributed by atoms with Gasteiger partial charge in [-0.1, -0.05) is 25.4 Å². The van der Waals surface area contributed by atoms with Crippen molar-refractivity contribution < 1.29 is 5.11 Å². The summed E-state index contributed by atoms with van der Waals surface area (Å²) < 4.78 is 1.73. The Balaban J connectivity index is 2.34. The first-order chi connectivity index (χ1) is 7.50. The second-order valence-electron chi connectivity index (χ2n) is 4.47. The second-order valence-corrected chi connectivity index (χ2v) is 4.87. The van der Waals surface area contributed by atoms with Crippen LogP contribution < -0.4 is 5.32 Å². The zero-order valence-electron chi connectivity index (χ0n) is 10.1. The largest absolute Gasteiger partial charge is 0.390 e. The van der Waals surface area contributed by atoms with E-state index in [1.807, 2.05) is 6.92 Å². The van der Waals surface area contributed by atoms with Crippen molar-refractivity contribution in [3.63, 3.8) is 0 Å². The van der Waals surface area contributed by atoms with Crippen molar-refractivity contribution in [3.8, 4) is 0 Å². The molecule has 16 heavy (non-hydrogen) atoms. The van der Waals surface area contributed by atoms with Gasteiger partial charge in [0.1, 0.15) is 0 Å². The van der Waals surface area contributed by atoms with Crippen LogP contribution in [0.2, 0.25) is 5.02 Å². The Morgan fingerprint density at radius 1 is 1.50 bits per heavy atom. The minimum absolute atomic E-state index is 0.437. The lowest BCUT2D eigenvalue weighted by Crippen LogP contribution is -2.32. The van der Waals surface area contributed by atoms with Gasteiger partial charge >= 0.3 is 0 Å². The molecule has 1 heterocycles. The maximum Gasteiger partial charge on any atom is 0.0860 e. The Morgan fingerprint density at radius 3 is 2.69 bits per heavy atom. The molecule has 0 amide bonds. The molecule has 0 fully saturated rings. The smallest absolute Gasteiger partial charge is 0.0860 e. The highest BCUT2D eigenvalue weighted by atomic mass is 35.5. The Bertz CT molecular complexity index is 325. The van der Waals surface area contributed by atoms with Crippen molar-refractivity contribution in [1.82, 2.24) is 15.1 Å². The molecule has 1 unspecified atom stereocenters. The Morgan fingerprint density at radius 2 is 2.19 bits per heavy atom. The van der Waals surface area contributed by atoms with Gasteiger partial charge in [0.2, 0.25) is 0 Å². The van der Waals surface area contributed by atoms with Crippen LogP contribution in [0.25, 0.3) is 0 Å². The summed E-state index contributed by atoms with van der Waals surface area (Å²) in [5.41, 5.74) is 0.893. The lowest BCUT2D eigenvalue weighted by molar-refractivity contribution is 0.145. The highest BCUT2D eigenvalue weighted by Gasteiger charge is 2.09. The number of aliphatic hydroxyl groups excluding tert-OH is 1. The monoisotopic (exact) mass is 245 g/mol. The summed E-state index contributed by atoms with van der Waals surface area (Å²) in [7, 11) is 0.